The second kappa shape index (κ2) is 10.9. The first kappa shape index (κ1) is 21.2. The molecule has 0 amide bonds. The number of fused-ring (bicyclic) bond motifs is 1. The molecule has 0 spiro atoms. The van der Waals surface area contributed by atoms with Gasteiger partial charge in [0.2, 0.25) is 0 Å². The third-order valence-electron chi connectivity index (χ3n) is 4.33. The minimum absolute atomic E-state index is 0. The minimum atomic E-state index is 0. The van der Waals surface area contributed by atoms with Crippen molar-refractivity contribution >= 4 is 41.0 Å². The standard InChI is InChI=1S/C21H27N5.HI/c1-3-22-21(23-14-13-18-9-5-4-6-10-18)24-15-16-26-17(2)25-19-11-7-8-12-20(19)26;/h4-12H,3,13-16H2,1-2H3,(H2,22,23,24);1H. The van der Waals surface area contributed by atoms with Crippen LogP contribution in [0.15, 0.2) is 59.6 Å². The molecule has 1 aromatic heterocycles. The van der Waals surface area contributed by atoms with E-state index in [-0.39, 0.29) is 24.0 Å². The largest absolute Gasteiger partial charge is 0.357 e. The molecule has 0 unspecified atom stereocenters. The summed E-state index contributed by atoms with van der Waals surface area (Å²) >= 11 is 0. The maximum absolute atomic E-state index is 4.68. The van der Waals surface area contributed by atoms with E-state index in [9.17, 15) is 0 Å². The Bertz CT molecular complexity index is 857. The lowest BCUT2D eigenvalue weighted by Gasteiger charge is -2.13. The molecule has 0 bridgehead atoms. The number of benzene rings is 2. The second-order valence-corrected chi connectivity index (χ2v) is 6.22. The van der Waals surface area contributed by atoms with Crippen molar-refractivity contribution in [1.82, 2.24) is 20.2 Å². The van der Waals surface area contributed by atoms with Gasteiger partial charge in [-0.2, -0.15) is 0 Å². The number of hydrogen-bond donors (Lipinski definition) is 2. The van der Waals surface area contributed by atoms with E-state index in [4.69, 9.17) is 0 Å². The third kappa shape index (κ3) is 5.95. The molecule has 1 heterocycles. The van der Waals surface area contributed by atoms with Crippen molar-refractivity contribution in [2.75, 3.05) is 19.6 Å². The van der Waals surface area contributed by atoms with Crippen LogP contribution in [0, 0.1) is 6.92 Å². The highest BCUT2D eigenvalue weighted by atomic mass is 127. The molecule has 2 N–H and O–H groups in total. The number of imidazole rings is 1. The van der Waals surface area contributed by atoms with Crippen LogP contribution in [0.25, 0.3) is 11.0 Å². The molecule has 2 aromatic carbocycles. The second-order valence-electron chi connectivity index (χ2n) is 6.22. The van der Waals surface area contributed by atoms with Crippen molar-refractivity contribution in [3.63, 3.8) is 0 Å². The van der Waals surface area contributed by atoms with E-state index in [0.717, 1.165) is 49.9 Å². The Balaban J connectivity index is 0.00000261. The molecule has 6 heteroatoms. The van der Waals surface area contributed by atoms with E-state index in [2.05, 4.69) is 81.5 Å². The number of rotatable bonds is 7. The topological polar surface area (TPSA) is 54.2 Å². The Morgan fingerprint density at radius 2 is 1.78 bits per heavy atom. The summed E-state index contributed by atoms with van der Waals surface area (Å²) in [4.78, 5) is 9.30. The van der Waals surface area contributed by atoms with Gasteiger partial charge in [-0.15, -0.1) is 24.0 Å². The monoisotopic (exact) mass is 477 g/mol. The SMILES string of the molecule is CCNC(=NCCc1ccccc1)NCCn1c(C)nc2ccccc21.I. The maximum Gasteiger partial charge on any atom is 0.191 e. The Morgan fingerprint density at radius 3 is 2.56 bits per heavy atom. The number of para-hydroxylation sites is 2. The van der Waals surface area contributed by atoms with Crippen LogP contribution < -0.4 is 10.6 Å². The number of nitrogens with zero attached hydrogens (tertiary/aromatic N) is 3. The van der Waals surface area contributed by atoms with Gasteiger partial charge >= 0.3 is 0 Å². The first-order valence-corrected chi connectivity index (χ1v) is 9.26. The fourth-order valence-electron chi connectivity index (χ4n) is 3.05. The van der Waals surface area contributed by atoms with Crippen molar-refractivity contribution in [3.05, 3.63) is 66.0 Å². The predicted molar refractivity (Wildman–Crippen MR) is 124 cm³/mol. The third-order valence-corrected chi connectivity index (χ3v) is 4.33. The number of halogens is 1. The zero-order chi connectivity index (χ0) is 18.2. The Labute approximate surface area is 178 Å². The van der Waals surface area contributed by atoms with Gasteiger partial charge in [-0.1, -0.05) is 42.5 Å². The van der Waals surface area contributed by atoms with Gasteiger partial charge in [0.05, 0.1) is 11.0 Å². The summed E-state index contributed by atoms with van der Waals surface area (Å²) in [5.74, 6) is 1.91. The summed E-state index contributed by atoms with van der Waals surface area (Å²) in [6.45, 7) is 7.42. The zero-order valence-electron chi connectivity index (χ0n) is 16.0. The lowest BCUT2D eigenvalue weighted by molar-refractivity contribution is 0.660. The Morgan fingerprint density at radius 1 is 1.04 bits per heavy atom. The molecule has 0 atom stereocenters. The summed E-state index contributed by atoms with van der Waals surface area (Å²) in [7, 11) is 0. The van der Waals surface area contributed by atoms with E-state index < -0.39 is 0 Å². The van der Waals surface area contributed by atoms with Gasteiger partial charge in [0.25, 0.3) is 0 Å². The quantitative estimate of drug-likeness (QED) is 0.310. The van der Waals surface area contributed by atoms with E-state index >= 15 is 0 Å². The van der Waals surface area contributed by atoms with E-state index in [1.54, 1.807) is 0 Å². The molecule has 0 aliphatic rings. The van der Waals surface area contributed by atoms with Gasteiger partial charge < -0.3 is 15.2 Å². The Kier molecular flexibility index (Phi) is 8.57. The summed E-state index contributed by atoms with van der Waals surface area (Å²) in [6, 6.07) is 18.7. The highest BCUT2D eigenvalue weighted by molar-refractivity contribution is 14.0. The van der Waals surface area contributed by atoms with Crippen LogP contribution in [0.2, 0.25) is 0 Å². The fourth-order valence-corrected chi connectivity index (χ4v) is 3.05. The number of guanidine groups is 1. The molecular weight excluding hydrogens is 449 g/mol. The molecule has 3 rings (SSSR count). The van der Waals surface area contributed by atoms with Gasteiger partial charge in [-0.05, 0) is 38.0 Å². The number of hydrogen-bond acceptors (Lipinski definition) is 2. The Hall–Kier alpha value is -2.09. The van der Waals surface area contributed by atoms with Gasteiger partial charge in [0.1, 0.15) is 5.82 Å². The molecule has 0 fully saturated rings. The van der Waals surface area contributed by atoms with Crippen molar-refractivity contribution < 1.29 is 0 Å². The van der Waals surface area contributed by atoms with Crippen LogP contribution in [0.1, 0.15) is 18.3 Å². The van der Waals surface area contributed by atoms with Gasteiger partial charge in [-0.3, -0.25) is 4.99 Å². The molecule has 5 nitrogen and oxygen atoms in total. The molecule has 27 heavy (non-hydrogen) atoms. The first-order chi connectivity index (χ1) is 12.8. The van der Waals surface area contributed by atoms with Crippen molar-refractivity contribution in [2.24, 2.45) is 4.99 Å². The van der Waals surface area contributed by atoms with Crippen molar-refractivity contribution in [1.29, 1.82) is 0 Å². The van der Waals surface area contributed by atoms with Gasteiger partial charge in [0, 0.05) is 26.2 Å². The molecular formula is C21H28IN5. The van der Waals surface area contributed by atoms with Crippen molar-refractivity contribution in [2.45, 2.75) is 26.8 Å². The number of aliphatic imine (C=N–C) groups is 1. The smallest absolute Gasteiger partial charge is 0.191 e. The summed E-state index contributed by atoms with van der Waals surface area (Å²) in [5.41, 5.74) is 3.54. The fraction of sp³-hybridized carbons (Fsp3) is 0.333. The maximum atomic E-state index is 4.68. The molecule has 0 saturated heterocycles. The summed E-state index contributed by atoms with van der Waals surface area (Å²) < 4.78 is 2.25. The summed E-state index contributed by atoms with van der Waals surface area (Å²) in [5, 5.41) is 6.74. The number of aryl methyl sites for hydroxylation is 1. The van der Waals surface area contributed by atoms with Crippen LogP contribution in [-0.2, 0) is 13.0 Å². The first-order valence-electron chi connectivity index (χ1n) is 9.26. The van der Waals surface area contributed by atoms with Crippen LogP contribution in [0.4, 0.5) is 0 Å². The van der Waals surface area contributed by atoms with Gasteiger partial charge in [0.15, 0.2) is 5.96 Å². The molecule has 0 aliphatic heterocycles. The highest BCUT2D eigenvalue weighted by Gasteiger charge is 2.06. The van der Waals surface area contributed by atoms with Crippen LogP contribution in [0.3, 0.4) is 0 Å². The number of aromatic nitrogens is 2. The molecule has 3 aromatic rings. The van der Waals surface area contributed by atoms with Crippen LogP contribution in [-0.4, -0.2) is 35.1 Å². The average Bonchev–Trinajstić information content (AvgIpc) is 2.98. The predicted octanol–water partition coefficient (Wildman–Crippen LogP) is 3.76. The average molecular weight is 477 g/mol. The van der Waals surface area contributed by atoms with E-state index in [0.29, 0.717) is 0 Å². The lowest BCUT2D eigenvalue weighted by atomic mass is 10.2. The van der Waals surface area contributed by atoms with E-state index in [1.807, 2.05) is 12.1 Å². The molecule has 144 valence electrons. The highest BCUT2D eigenvalue weighted by Crippen LogP contribution is 2.14. The van der Waals surface area contributed by atoms with Crippen molar-refractivity contribution in [3.8, 4) is 0 Å². The zero-order valence-corrected chi connectivity index (χ0v) is 18.3. The lowest BCUT2D eigenvalue weighted by Crippen LogP contribution is -2.39. The minimum Gasteiger partial charge on any atom is -0.357 e. The van der Waals surface area contributed by atoms with Crippen LogP contribution >= 0.6 is 24.0 Å². The molecule has 0 radical (unpaired) electrons. The number of nitrogens with one attached hydrogen (secondary N) is 2. The summed E-state index contributed by atoms with van der Waals surface area (Å²) in [6.07, 6.45) is 0.947. The molecule has 0 saturated carbocycles. The van der Waals surface area contributed by atoms with E-state index in [1.165, 1.54) is 11.1 Å². The molecule has 0 aliphatic carbocycles. The van der Waals surface area contributed by atoms with Gasteiger partial charge in [-0.25, -0.2) is 4.98 Å². The van der Waals surface area contributed by atoms with Crippen LogP contribution in [0.5, 0.6) is 0 Å². The normalized spacial score (nSPS) is 11.3.